The fourth-order valence-corrected chi connectivity index (χ4v) is 4.53. The Morgan fingerprint density at radius 1 is 1.00 bits per heavy atom. The molecule has 5 nitrogen and oxygen atoms in total. The monoisotopic (exact) mass is 419 g/mol. The molecular formula is C26H29NO4. The molecule has 2 aromatic carbocycles. The smallest absolute Gasteiger partial charge is 0.343 e. The number of carbonyl (C=O) groups is 3. The first-order chi connectivity index (χ1) is 14.8. The van der Waals surface area contributed by atoms with Crippen LogP contribution in [0.3, 0.4) is 0 Å². The van der Waals surface area contributed by atoms with E-state index in [-0.39, 0.29) is 29.1 Å². The van der Waals surface area contributed by atoms with Gasteiger partial charge in [0, 0.05) is 0 Å². The Hall–Kier alpha value is -2.95. The van der Waals surface area contributed by atoms with Gasteiger partial charge in [0.05, 0.1) is 23.1 Å². The molecule has 4 rings (SSSR count). The van der Waals surface area contributed by atoms with Crippen molar-refractivity contribution in [3.8, 4) is 5.75 Å². The van der Waals surface area contributed by atoms with Crippen LogP contribution in [0.4, 0.5) is 5.69 Å². The van der Waals surface area contributed by atoms with Gasteiger partial charge in [0.2, 0.25) is 11.8 Å². The summed E-state index contributed by atoms with van der Waals surface area (Å²) in [7, 11) is 0. The highest BCUT2D eigenvalue weighted by atomic mass is 16.5. The van der Waals surface area contributed by atoms with E-state index >= 15 is 0 Å². The third-order valence-corrected chi connectivity index (χ3v) is 6.91. The standard InChI is InChI=1S/C26H29NO4/c1-4-26(2,3)18-12-14-20(15-13-18)31-25(30)17-8-7-9-19(16-17)27-23(28)21-10-5-6-11-22(21)24(27)29/h7-9,12-16,21-22H,4-6,10-11H2,1-3H3. The predicted molar refractivity (Wildman–Crippen MR) is 119 cm³/mol. The van der Waals surface area contributed by atoms with Gasteiger partial charge in [0.15, 0.2) is 0 Å². The lowest BCUT2D eigenvalue weighted by atomic mass is 9.81. The van der Waals surface area contributed by atoms with Crippen LogP contribution in [-0.2, 0) is 15.0 Å². The molecule has 1 saturated heterocycles. The quantitative estimate of drug-likeness (QED) is 0.376. The SMILES string of the molecule is CCC(C)(C)c1ccc(OC(=O)c2cccc(N3C(=O)C4CCCCC4C3=O)c2)cc1. The summed E-state index contributed by atoms with van der Waals surface area (Å²) in [6.07, 6.45) is 4.49. The number of carbonyl (C=O) groups excluding carboxylic acids is 3. The van der Waals surface area contributed by atoms with Crippen molar-refractivity contribution in [3.05, 3.63) is 59.7 Å². The third-order valence-electron chi connectivity index (χ3n) is 6.91. The zero-order chi connectivity index (χ0) is 22.2. The summed E-state index contributed by atoms with van der Waals surface area (Å²) in [6.45, 7) is 6.50. The molecule has 2 unspecified atom stereocenters. The molecule has 0 bridgehead atoms. The molecule has 1 aliphatic heterocycles. The van der Waals surface area contributed by atoms with E-state index in [2.05, 4.69) is 20.8 Å². The Labute approximate surface area is 183 Å². The molecule has 2 fully saturated rings. The summed E-state index contributed by atoms with van der Waals surface area (Å²) < 4.78 is 5.54. The van der Waals surface area contributed by atoms with E-state index in [9.17, 15) is 14.4 Å². The molecule has 0 N–H and O–H groups in total. The van der Waals surface area contributed by atoms with Crippen LogP contribution in [-0.4, -0.2) is 17.8 Å². The normalized spacial score (nSPS) is 21.2. The van der Waals surface area contributed by atoms with E-state index in [4.69, 9.17) is 4.74 Å². The Bertz CT molecular complexity index is 984. The van der Waals surface area contributed by atoms with Crippen LogP contribution < -0.4 is 9.64 Å². The number of imide groups is 1. The summed E-state index contributed by atoms with van der Waals surface area (Å²) in [5, 5.41) is 0. The van der Waals surface area contributed by atoms with Crippen molar-refractivity contribution in [2.45, 2.75) is 58.3 Å². The van der Waals surface area contributed by atoms with E-state index in [1.807, 2.05) is 12.1 Å². The number of amides is 2. The van der Waals surface area contributed by atoms with Crippen LogP contribution >= 0.6 is 0 Å². The summed E-state index contributed by atoms with van der Waals surface area (Å²) in [4.78, 5) is 39.7. The van der Waals surface area contributed by atoms with Crippen molar-refractivity contribution >= 4 is 23.5 Å². The topological polar surface area (TPSA) is 63.7 Å². The highest BCUT2D eigenvalue weighted by Crippen LogP contribution is 2.40. The minimum Gasteiger partial charge on any atom is -0.423 e. The fraction of sp³-hybridized carbons (Fsp3) is 0.423. The molecule has 1 aliphatic carbocycles. The van der Waals surface area contributed by atoms with Crippen molar-refractivity contribution in [3.63, 3.8) is 0 Å². The van der Waals surface area contributed by atoms with Gasteiger partial charge in [-0.25, -0.2) is 4.79 Å². The molecule has 0 aromatic heterocycles. The number of nitrogens with zero attached hydrogens (tertiary/aromatic N) is 1. The van der Waals surface area contributed by atoms with Gasteiger partial charge in [-0.15, -0.1) is 0 Å². The van der Waals surface area contributed by atoms with Crippen molar-refractivity contribution in [2.75, 3.05) is 4.90 Å². The van der Waals surface area contributed by atoms with Crippen molar-refractivity contribution in [1.29, 1.82) is 0 Å². The second kappa shape index (κ2) is 8.29. The van der Waals surface area contributed by atoms with E-state index in [0.29, 0.717) is 17.0 Å². The van der Waals surface area contributed by atoms with E-state index in [1.165, 1.54) is 10.5 Å². The van der Waals surface area contributed by atoms with Gasteiger partial charge < -0.3 is 4.74 Å². The highest BCUT2D eigenvalue weighted by molar-refractivity contribution is 6.22. The molecule has 0 spiro atoms. The lowest BCUT2D eigenvalue weighted by Gasteiger charge is -2.23. The molecular weight excluding hydrogens is 390 g/mol. The summed E-state index contributed by atoms with van der Waals surface area (Å²) in [5.41, 5.74) is 2.00. The molecule has 2 atom stereocenters. The Kier molecular flexibility index (Phi) is 5.69. The predicted octanol–water partition coefficient (Wildman–Crippen LogP) is 5.27. The molecule has 1 heterocycles. The molecule has 0 radical (unpaired) electrons. The van der Waals surface area contributed by atoms with Crippen molar-refractivity contribution in [1.82, 2.24) is 0 Å². The first kappa shape index (κ1) is 21.3. The van der Waals surface area contributed by atoms with Gasteiger partial charge >= 0.3 is 5.97 Å². The van der Waals surface area contributed by atoms with Gasteiger partial charge in [-0.3, -0.25) is 14.5 Å². The lowest BCUT2D eigenvalue weighted by molar-refractivity contribution is -0.122. The van der Waals surface area contributed by atoms with Crippen LogP contribution in [0.5, 0.6) is 5.75 Å². The zero-order valence-electron chi connectivity index (χ0n) is 18.4. The maximum Gasteiger partial charge on any atom is 0.343 e. The summed E-state index contributed by atoms with van der Waals surface area (Å²) in [6, 6.07) is 14.1. The number of benzene rings is 2. The largest absolute Gasteiger partial charge is 0.423 e. The summed E-state index contributed by atoms with van der Waals surface area (Å²) in [5.74, 6) is -0.777. The number of hydrogen-bond donors (Lipinski definition) is 0. The van der Waals surface area contributed by atoms with Gasteiger partial charge in [-0.1, -0.05) is 51.8 Å². The van der Waals surface area contributed by atoms with Gasteiger partial charge in [0.25, 0.3) is 0 Å². The molecule has 2 aromatic rings. The average molecular weight is 420 g/mol. The van der Waals surface area contributed by atoms with E-state index < -0.39 is 5.97 Å². The zero-order valence-corrected chi connectivity index (χ0v) is 18.4. The Morgan fingerprint density at radius 3 is 2.19 bits per heavy atom. The summed E-state index contributed by atoms with van der Waals surface area (Å²) >= 11 is 0. The molecule has 1 saturated carbocycles. The van der Waals surface area contributed by atoms with Gasteiger partial charge in [-0.2, -0.15) is 0 Å². The van der Waals surface area contributed by atoms with Crippen LogP contribution in [0.1, 0.15) is 68.8 Å². The van der Waals surface area contributed by atoms with Gasteiger partial charge in [0.1, 0.15) is 5.75 Å². The number of esters is 1. The number of hydrogen-bond acceptors (Lipinski definition) is 4. The Balaban J connectivity index is 1.51. The number of anilines is 1. The third kappa shape index (κ3) is 4.01. The van der Waals surface area contributed by atoms with E-state index in [1.54, 1.807) is 36.4 Å². The van der Waals surface area contributed by atoms with Crippen LogP contribution in [0.25, 0.3) is 0 Å². The average Bonchev–Trinajstić information content (AvgIpc) is 3.04. The van der Waals surface area contributed by atoms with Crippen LogP contribution in [0.2, 0.25) is 0 Å². The number of rotatable bonds is 5. The molecule has 2 amide bonds. The van der Waals surface area contributed by atoms with Crippen LogP contribution in [0.15, 0.2) is 48.5 Å². The maximum absolute atomic E-state index is 12.8. The van der Waals surface area contributed by atoms with Crippen LogP contribution in [0, 0.1) is 11.8 Å². The minimum absolute atomic E-state index is 0.0584. The molecule has 162 valence electrons. The van der Waals surface area contributed by atoms with Gasteiger partial charge in [-0.05, 0) is 60.6 Å². The first-order valence-electron chi connectivity index (χ1n) is 11.1. The minimum atomic E-state index is -0.513. The van der Waals surface area contributed by atoms with Crippen molar-refractivity contribution < 1.29 is 19.1 Å². The lowest BCUT2D eigenvalue weighted by Crippen LogP contribution is -2.31. The fourth-order valence-electron chi connectivity index (χ4n) is 4.53. The molecule has 5 heteroatoms. The maximum atomic E-state index is 12.8. The second-order valence-corrected chi connectivity index (χ2v) is 9.21. The molecule has 2 aliphatic rings. The first-order valence-corrected chi connectivity index (χ1v) is 11.1. The van der Waals surface area contributed by atoms with E-state index in [0.717, 1.165) is 32.1 Å². The number of fused-ring (bicyclic) bond motifs is 1. The molecule has 31 heavy (non-hydrogen) atoms. The van der Waals surface area contributed by atoms with Crippen molar-refractivity contribution in [2.24, 2.45) is 11.8 Å². The highest BCUT2D eigenvalue weighted by Gasteiger charge is 2.48. The number of ether oxygens (including phenoxy) is 1. The Morgan fingerprint density at radius 2 is 1.61 bits per heavy atom. The second-order valence-electron chi connectivity index (χ2n) is 9.21.